The van der Waals surface area contributed by atoms with Gasteiger partial charge in [0.25, 0.3) is 0 Å². The van der Waals surface area contributed by atoms with Crippen LogP contribution >= 0.6 is 0 Å². The van der Waals surface area contributed by atoms with Crippen molar-refractivity contribution in [1.82, 2.24) is 18.9 Å². The van der Waals surface area contributed by atoms with E-state index >= 15 is 0 Å². The quantitative estimate of drug-likeness (QED) is 0.163. The van der Waals surface area contributed by atoms with E-state index in [1.54, 1.807) is 11.1 Å². The van der Waals surface area contributed by atoms with E-state index < -0.39 is 5.60 Å². The van der Waals surface area contributed by atoms with Gasteiger partial charge in [-0.05, 0) is 183 Å². The summed E-state index contributed by atoms with van der Waals surface area (Å²) in [6.45, 7) is 26.7. The highest BCUT2D eigenvalue weighted by Gasteiger charge is 2.33. The van der Waals surface area contributed by atoms with Gasteiger partial charge in [-0.1, -0.05) is 119 Å². The second-order valence-electron chi connectivity index (χ2n) is 27.1. The number of piperidine rings is 2. The third kappa shape index (κ3) is 16.9. The van der Waals surface area contributed by atoms with Crippen LogP contribution in [0.5, 0.6) is 0 Å². The van der Waals surface area contributed by atoms with E-state index in [0.29, 0.717) is 17.8 Å². The molecule has 468 valence electrons. The number of fused-ring (bicyclic) bond motifs is 10. The Morgan fingerprint density at radius 1 is 0.529 bits per heavy atom. The Morgan fingerprint density at radius 3 is 1.45 bits per heavy atom. The number of nitrogens with one attached hydrogen (secondary N) is 1. The van der Waals surface area contributed by atoms with Crippen LogP contribution in [0.2, 0.25) is 0 Å². The fraction of sp³-hybridized carbons (Fsp3) is 0.562. The molecule has 14 heteroatoms. The highest BCUT2D eigenvalue weighted by atomic mass is 16.6. The first-order valence-electron chi connectivity index (χ1n) is 32.7. The molecular formula is C73H98N6O8. The second-order valence-corrected chi connectivity index (χ2v) is 27.1. The Balaban J connectivity index is 0.000000177. The van der Waals surface area contributed by atoms with Crippen molar-refractivity contribution in [2.75, 3.05) is 56.0 Å². The van der Waals surface area contributed by atoms with E-state index in [4.69, 9.17) is 28.7 Å². The lowest BCUT2D eigenvalue weighted by Gasteiger charge is -2.34. The van der Waals surface area contributed by atoms with Gasteiger partial charge >= 0.3 is 24.5 Å². The molecule has 0 spiro atoms. The van der Waals surface area contributed by atoms with E-state index in [0.717, 1.165) is 90.5 Å². The summed E-state index contributed by atoms with van der Waals surface area (Å²) >= 11 is 0. The van der Waals surface area contributed by atoms with Crippen LogP contribution < -0.4 is 10.2 Å². The van der Waals surface area contributed by atoms with Crippen LogP contribution in [0.25, 0.3) is 44.3 Å². The number of hydrogen-bond acceptors (Lipinski definition) is 10. The maximum absolute atomic E-state index is 12.5. The predicted molar refractivity (Wildman–Crippen MR) is 347 cm³/mol. The van der Waals surface area contributed by atoms with Crippen molar-refractivity contribution in [3.8, 4) is 22.5 Å². The van der Waals surface area contributed by atoms with Gasteiger partial charge in [0.2, 0.25) is 0 Å². The molecule has 12 rings (SSSR count). The molecule has 6 aromatic rings. The molecule has 6 heterocycles. The van der Waals surface area contributed by atoms with Crippen molar-refractivity contribution in [3.63, 3.8) is 0 Å². The molecule has 6 aliphatic rings. The third-order valence-electron chi connectivity index (χ3n) is 18.5. The summed E-state index contributed by atoms with van der Waals surface area (Å²) in [5, 5.41) is 6.62. The number of carbonyl (C=O) groups is 2. The van der Waals surface area contributed by atoms with Crippen LogP contribution in [0.4, 0.5) is 21.0 Å². The van der Waals surface area contributed by atoms with Gasteiger partial charge in [-0.3, -0.25) is 0 Å². The van der Waals surface area contributed by atoms with Gasteiger partial charge in [-0.2, -0.15) is 19.2 Å². The zero-order valence-corrected chi connectivity index (χ0v) is 53.8. The number of aryl methyl sites for hydroxylation is 2. The van der Waals surface area contributed by atoms with E-state index in [2.05, 4.69) is 125 Å². The molecule has 0 unspecified atom stereocenters. The molecule has 87 heavy (non-hydrogen) atoms. The van der Waals surface area contributed by atoms with E-state index in [9.17, 15) is 9.59 Å². The summed E-state index contributed by atoms with van der Waals surface area (Å²) < 4.78 is 16.2. The van der Waals surface area contributed by atoms with Gasteiger partial charge in [0.05, 0.1) is 11.4 Å². The summed E-state index contributed by atoms with van der Waals surface area (Å²) in [7, 11) is 0. The average Bonchev–Trinajstić information content (AvgIpc) is 1.76. The predicted octanol–water partition coefficient (Wildman–Crippen LogP) is 16.9. The standard InChI is InChI=1S/C35H47N3O2.C23H26N2.C13H25NO2.2CO2/c1-25-14-15-28-31(24-25)38-23-22-36(19-16-26-17-20-37(21-18-26)34(39)40-35(2,3)4)30-13-9-8-12-29(30)33(38)32(28)27-10-6-5-7-11-27;1-16-11-12-19-21(15-16)25-14-13-24-20-10-6-5-9-18(20)23(25)22(19)17-7-3-2-4-8-17;1-5-6-11-7-9-14(10-8-11)12(15)16-13(2,3)4;2*2-1-3/h8-9,12-15,24,26-27H,5-7,10-11,16-23H2,1-4H3;5-6,9-12,15,17,24H,2-4,7-8,13-14H2,1H3;11H,5-10H2,1-4H3;;. The van der Waals surface area contributed by atoms with Crippen molar-refractivity contribution in [3.05, 3.63) is 107 Å². The minimum absolute atomic E-state index is 0.151. The molecule has 4 aromatic carbocycles. The number of hydrogen-bond donors (Lipinski definition) is 1. The summed E-state index contributed by atoms with van der Waals surface area (Å²) in [6, 6.07) is 32.2. The Labute approximate surface area is 517 Å². The molecule has 0 radical (unpaired) electrons. The van der Waals surface area contributed by atoms with Crippen molar-refractivity contribution in [2.24, 2.45) is 11.8 Å². The van der Waals surface area contributed by atoms with Crippen molar-refractivity contribution >= 4 is 57.7 Å². The van der Waals surface area contributed by atoms with E-state index in [-0.39, 0.29) is 30.1 Å². The Hall–Kier alpha value is -7.14. The lowest BCUT2D eigenvalue weighted by molar-refractivity contribution is -0.193. The van der Waals surface area contributed by atoms with Crippen LogP contribution in [-0.4, -0.2) is 100 Å². The molecule has 4 fully saturated rings. The number of para-hydroxylation sites is 2. The first-order chi connectivity index (χ1) is 41.9. The van der Waals surface area contributed by atoms with Crippen LogP contribution in [0.15, 0.2) is 84.9 Å². The number of ether oxygens (including phenoxy) is 2. The molecule has 2 aliphatic carbocycles. The lowest BCUT2D eigenvalue weighted by atomic mass is 9.81. The number of rotatable bonds is 7. The van der Waals surface area contributed by atoms with Gasteiger partial charge in [0.15, 0.2) is 0 Å². The smallest absolute Gasteiger partial charge is 0.410 e. The minimum atomic E-state index is -0.437. The molecule has 1 N–H and O–H groups in total. The number of anilines is 2. The van der Waals surface area contributed by atoms with Crippen LogP contribution in [-0.2, 0) is 41.7 Å². The number of aromatic nitrogens is 2. The molecule has 2 aromatic heterocycles. The zero-order valence-electron chi connectivity index (χ0n) is 53.8. The van der Waals surface area contributed by atoms with Gasteiger partial charge in [-0.15, -0.1) is 0 Å². The summed E-state index contributed by atoms with van der Waals surface area (Å²) in [5.41, 5.74) is 16.4. The molecule has 14 nitrogen and oxygen atoms in total. The zero-order chi connectivity index (χ0) is 62.3. The highest BCUT2D eigenvalue weighted by Crippen LogP contribution is 2.49. The number of carbonyl (C=O) groups excluding carboxylic acids is 6. The molecule has 2 saturated carbocycles. The second kappa shape index (κ2) is 30.7. The van der Waals surface area contributed by atoms with Gasteiger partial charge in [0, 0.05) is 103 Å². The van der Waals surface area contributed by atoms with Crippen LogP contribution in [0, 0.1) is 25.7 Å². The number of nitrogens with zero attached hydrogens (tertiary/aromatic N) is 5. The third-order valence-corrected chi connectivity index (χ3v) is 18.5. The normalized spacial score (nSPS) is 17.4. The van der Waals surface area contributed by atoms with Crippen molar-refractivity contribution in [2.45, 2.75) is 208 Å². The van der Waals surface area contributed by atoms with Gasteiger partial charge < -0.3 is 38.6 Å². The van der Waals surface area contributed by atoms with Crippen LogP contribution in [0.3, 0.4) is 0 Å². The summed E-state index contributed by atoms with van der Waals surface area (Å²) in [6.07, 6.45) is 21.8. The largest absolute Gasteiger partial charge is 0.444 e. The number of benzene rings is 4. The Morgan fingerprint density at radius 2 is 0.966 bits per heavy atom. The highest BCUT2D eigenvalue weighted by molar-refractivity contribution is 5.97. The Bertz CT molecular complexity index is 3290. The average molecular weight is 1190 g/mol. The van der Waals surface area contributed by atoms with E-state index in [1.165, 1.54) is 150 Å². The van der Waals surface area contributed by atoms with Crippen molar-refractivity contribution < 1.29 is 38.2 Å². The first-order valence-corrected chi connectivity index (χ1v) is 32.7. The maximum atomic E-state index is 12.5. The fourth-order valence-electron chi connectivity index (χ4n) is 14.5. The minimum Gasteiger partial charge on any atom is -0.444 e. The Kier molecular flexibility index (Phi) is 23.2. The van der Waals surface area contributed by atoms with Gasteiger partial charge in [-0.25, -0.2) is 9.59 Å². The summed E-state index contributed by atoms with van der Waals surface area (Å²) in [4.78, 5) is 63.2. The maximum Gasteiger partial charge on any atom is 0.410 e. The monoisotopic (exact) mass is 1190 g/mol. The SMILES string of the molecule is CCCC1CCN(C(=O)OC(C)(C)C)CC1.Cc1ccc2c(C3CCCCC3)c3n(c2c1)CCN(CCC1CCN(C(=O)OC(C)(C)C)CC1)c1ccccc1-3.Cc1ccc2c(C3CCCCC3)c3n(c2c1)CCNc1ccccc1-3.O=C=O.O=C=O. The van der Waals surface area contributed by atoms with Gasteiger partial charge in [0.1, 0.15) is 11.2 Å². The molecule has 4 aliphatic heterocycles. The molecule has 2 amide bonds. The van der Waals surface area contributed by atoms with E-state index in [1.807, 2.05) is 51.3 Å². The topological polar surface area (TPSA) is 152 Å². The molecule has 0 bridgehead atoms. The lowest BCUT2D eigenvalue weighted by Crippen LogP contribution is -2.42. The van der Waals surface area contributed by atoms with Crippen LogP contribution in [0.1, 0.15) is 192 Å². The summed E-state index contributed by atoms with van der Waals surface area (Å²) in [5.74, 6) is 2.82. The molecular weight excluding hydrogens is 1090 g/mol. The van der Waals surface area contributed by atoms with Crippen molar-refractivity contribution in [1.29, 1.82) is 0 Å². The molecule has 2 saturated heterocycles. The fourth-order valence-corrected chi connectivity index (χ4v) is 14.5. The molecule has 0 atom stereocenters. The number of amides is 2. The first kappa shape index (κ1) is 65.8. The number of likely N-dealkylation sites (tertiary alicyclic amines) is 2.